The summed E-state index contributed by atoms with van der Waals surface area (Å²) in [5.74, 6) is 0.296. The van der Waals surface area contributed by atoms with E-state index in [9.17, 15) is 5.11 Å². The summed E-state index contributed by atoms with van der Waals surface area (Å²) in [6.45, 7) is 0. The van der Waals surface area contributed by atoms with Gasteiger partial charge in [-0.1, -0.05) is 66.7 Å². The van der Waals surface area contributed by atoms with E-state index in [0.29, 0.717) is 5.75 Å². The fourth-order valence-corrected chi connectivity index (χ4v) is 2.14. The molecule has 0 saturated carbocycles. The van der Waals surface area contributed by atoms with Crippen LogP contribution in [0.3, 0.4) is 0 Å². The maximum atomic E-state index is 9.30. The second kappa shape index (κ2) is 4.99. The summed E-state index contributed by atoms with van der Waals surface area (Å²) in [7, 11) is 0. The molecule has 3 aromatic carbocycles. The molecule has 3 rings (SSSR count). The van der Waals surface area contributed by atoms with Crippen LogP contribution in [0.4, 0.5) is 0 Å². The van der Waals surface area contributed by atoms with Crippen LogP contribution < -0.4 is 0 Å². The van der Waals surface area contributed by atoms with E-state index in [1.54, 1.807) is 12.1 Å². The summed E-state index contributed by atoms with van der Waals surface area (Å²) < 4.78 is 0. The van der Waals surface area contributed by atoms with E-state index in [1.807, 2.05) is 30.3 Å². The van der Waals surface area contributed by atoms with Gasteiger partial charge in [0.1, 0.15) is 5.75 Å². The molecule has 1 nitrogen and oxygen atoms in total. The Morgan fingerprint density at radius 3 is 1.26 bits per heavy atom. The summed E-state index contributed by atoms with van der Waals surface area (Å²) >= 11 is 0. The SMILES string of the molecule is Oc1ccc(-c2ccc(-c3ccccc3)cc2)cc1. The second-order valence-corrected chi connectivity index (χ2v) is 4.49. The minimum Gasteiger partial charge on any atom is -0.508 e. The Morgan fingerprint density at radius 1 is 0.421 bits per heavy atom. The molecule has 0 unspecified atom stereocenters. The van der Waals surface area contributed by atoms with Crippen LogP contribution in [0.2, 0.25) is 0 Å². The van der Waals surface area contributed by atoms with Gasteiger partial charge in [-0.25, -0.2) is 0 Å². The van der Waals surface area contributed by atoms with Gasteiger partial charge < -0.3 is 5.11 Å². The Hall–Kier alpha value is -2.54. The molecular formula is C18H14O. The van der Waals surface area contributed by atoms with Crippen LogP contribution in [0.1, 0.15) is 0 Å². The second-order valence-electron chi connectivity index (χ2n) is 4.49. The zero-order valence-electron chi connectivity index (χ0n) is 10.5. The number of phenolic OH excluding ortho intramolecular Hbond substituents is 1. The van der Waals surface area contributed by atoms with Gasteiger partial charge in [0.15, 0.2) is 0 Å². The van der Waals surface area contributed by atoms with Crippen LogP contribution >= 0.6 is 0 Å². The number of rotatable bonds is 2. The minimum absolute atomic E-state index is 0.296. The van der Waals surface area contributed by atoms with Crippen molar-refractivity contribution in [3.63, 3.8) is 0 Å². The first-order valence-electron chi connectivity index (χ1n) is 6.28. The number of benzene rings is 3. The highest BCUT2D eigenvalue weighted by molar-refractivity contribution is 5.70. The normalized spacial score (nSPS) is 10.3. The van der Waals surface area contributed by atoms with Crippen LogP contribution in [0, 0.1) is 0 Å². The van der Waals surface area contributed by atoms with Gasteiger partial charge in [0.2, 0.25) is 0 Å². The number of hydrogen-bond donors (Lipinski definition) is 1. The van der Waals surface area contributed by atoms with Gasteiger partial charge in [-0.05, 0) is 34.4 Å². The third kappa shape index (κ3) is 2.50. The Morgan fingerprint density at radius 2 is 0.789 bits per heavy atom. The molecule has 3 aromatic rings. The van der Waals surface area contributed by atoms with Crippen molar-refractivity contribution >= 4 is 0 Å². The average Bonchev–Trinajstić information content (AvgIpc) is 2.49. The highest BCUT2D eigenvalue weighted by atomic mass is 16.3. The van der Waals surface area contributed by atoms with E-state index in [2.05, 4.69) is 36.4 Å². The number of aromatic hydroxyl groups is 1. The zero-order valence-corrected chi connectivity index (χ0v) is 10.5. The van der Waals surface area contributed by atoms with E-state index in [4.69, 9.17) is 0 Å². The first-order chi connectivity index (χ1) is 9.33. The largest absolute Gasteiger partial charge is 0.508 e. The fraction of sp³-hybridized carbons (Fsp3) is 0. The molecule has 0 atom stereocenters. The van der Waals surface area contributed by atoms with Crippen LogP contribution in [0.25, 0.3) is 22.3 Å². The van der Waals surface area contributed by atoms with Crippen LogP contribution in [0.15, 0.2) is 78.9 Å². The quantitative estimate of drug-likeness (QED) is 0.693. The molecule has 0 spiro atoms. The van der Waals surface area contributed by atoms with Gasteiger partial charge in [0, 0.05) is 0 Å². The van der Waals surface area contributed by atoms with Crippen molar-refractivity contribution in [1.82, 2.24) is 0 Å². The number of phenols is 1. The summed E-state index contributed by atoms with van der Waals surface area (Å²) in [5, 5.41) is 9.30. The average molecular weight is 246 g/mol. The molecule has 0 aliphatic heterocycles. The van der Waals surface area contributed by atoms with Crippen molar-refractivity contribution in [3.8, 4) is 28.0 Å². The van der Waals surface area contributed by atoms with Crippen LogP contribution in [-0.4, -0.2) is 5.11 Å². The third-order valence-electron chi connectivity index (χ3n) is 3.19. The lowest BCUT2D eigenvalue weighted by molar-refractivity contribution is 0.475. The topological polar surface area (TPSA) is 20.2 Å². The molecular weight excluding hydrogens is 232 g/mol. The lowest BCUT2D eigenvalue weighted by Gasteiger charge is -2.05. The van der Waals surface area contributed by atoms with E-state index in [-0.39, 0.29) is 0 Å². The predicted molar refractivity (Wildman–Crippen MR) is 79.0 cm³/mol. The molecule has 0 saturated heterocycles. The lowest BCUT2D eigenvalue weighted by atomic mass is 10.0. The van der Waals surface area contributed by atoms with Crippen LogP contribution in [0.5, 0.6) is 5.75 Å². The Bertz CT molecular complexity index is 652. The molecule has 19 heavy (non-hydrogen) atoms. The molecule has 0 aliphatic carbocycles. The Labute approximate surface area is 112 Å². The maximum Gasteiger partial charge on any atom is 0.115 e. The highest BCUT2D eigenvalue weighted by Crippen LogP contribution is 2.25. The smallest absolute Gasteiger partial charge is 0.115 e. The van der Waals surface area contributed by atoms with Gasteiger partial charge in [-0.15, -0.1) is 0 Å². The summed E-state index contributed by atoms with van der Waals surface area (Å²) in [5.41, 5.74) is 4.69. The molecule has 0 bridgehead atoms. The lowest BCUT2D eigenvalue weighted by Crippen LogP contribution is -1.79. The molecule has 1 heteroatoms. The summed E-state index contributed by atoms with van der Waals surface area (Å²) in [6, 6.07) is 26.0. The van der Waals surface area contributed by atoms with E-state index in [0.717, 1.165) is 11.1 Å². The number of hydrogen-bond acceptors (Lipinski definition) is 1. The first-order valence-corrected chi connectivity index (χ1v) is 6.28. The molecule has 0 heterocycles. The zero-order chi connectivity index (χ0) is 13.1. The van der Waals surface area contributed by atoms with E-state index < -0.39 is 0 Å². The van der Waals surface area contributed by atoms with Gasteiger partial charge in [0.25, 0.3) is 0 Å². The van der Waals surface area contributed by atoms with Crippen molar-refractivity contribution in [2.45, 2.75) is 0 Å². The van der Waals surface area contributed by atoms with Gasteiger partial charge in [-0.2, -0.15) is 0 Å². The van der Waals surface area contributed by atoms with E-state index in [1.165, 1.54) is 11.1 Å². The fourth-order valence-electron chi connectivity index (χ4n) is 2.14. The first kappa shape index (κ1) is 11.5. The highest BCUT2D eigenvalue weighted by Gasteiger charge is 2.00. The predicted octanol–water partition coefficient (Wildman–Crippen LogP) is 4.73. The van der Waals surface area contributed by atoms with Gasteiger partial charge in [0.05, 0.1) is 0 Å². The Balaban J connectivity index is 1.93. The molecule has 0 radical (unpaired) electrons. The van der Waals surface area contributed by atoms with E-state index >= 15 is 0 Å². The van der Waals surface area contributed by atoms with Crippen molar-refractivity contribution in [3.05, 3.63) is 78.9 Å². The molecule has 0 aromatic heterocycles. The molecule has 0 aliphatic rings. The monoisotopic (exact) mass is 246 g/mol. The summed E-state index contributed by atoms with van der Waals surface area (Å²) in [6.07, 6.45) is 0. The van der Waals surface area contributed by atoms with Crippen molar-refractivity contribution in [2.75, 3.05) is 0 Å². The van der Waals surface area contributed by atoms with Crippen molar-refractivity contribution in [1.29, 1.82) is 0 Å². The standard InChI is InChI=1S/C18H14O/c19-18-12-10-17(11-13-18)16-8-6-15(7-9-16)14-4-2-1-3-5-14/h1-13,19H. The van der Waals surface area contributed by atoms with Gasteiger partial charge >= 0.3 is 0 Å². The molecule has 0 fully saturated rings. The van der Waals surface area contributed by atoms with Crippen molar-refractivity contribution in [2.24, 2.45) is 0 Å². The molecule has 92 valence electrons. The Kier molecular flexibility index (Phi) is 3.03. The molecule has 1 N–H and O–H groups in total. The summed E-state index contributed by atoms with van der Waals surface area (Å²) in [4.78, 5) is 0. The minimum atomic E-state index is 0.296. The van der Waals surface area contributed by atoms with Gasteiger partial charge in [-0.3, -0.25) is 0 Å². The maximum absolute atomic E-state index is 9.30. The van der Waals surface area contributed by atoms with Crippen molar-refractivity contribution < 1.29 is 5.11 Å². The third-order valence-corrected chi connectivity index (χ3v) is 3.19. The molecule has 0 amide bonds. The van der Waals surface area contributed by atoms with Crippen LogP contribution in [-0.2, 0) is 0 Å².